The molecule has 0 radical (unpaired) electrons. The van der Waals surface area contributed by atoms with E-state index in [0.29, 0.717) is 33.8 Å². The zero-order valence-corrected chi connectivity index (χ0v) is 16.8. The number of fused-ring (bicyclic) bond motifs is 1. The van der Waals surface area contributed by atoms with Crippen molar-refractivity contribution in [1.82, 2.24) is 19.7 Å². The van der Waals surface area contributed by atoms with Crippen LogP contribution in [0.5, 0.6) is 5.75 Å². The molecular formula is C21H25N5O3. The van der Waals surface area contributed by atoms with Gasteiger partial charge in [0, 0.05) is 32.3 Å². The molecule has 2 fully saturated rings. The van der Waals surface area contributed by atoms with Crippen molar-refractivity contribution in [3.8, 4) is 17.0 Å². The van der Waals surface area contributed by atoms with Gasteiger partial charge in [-0.2, -0.15) is 10.1 Å². The van der Waals surface area contributed by atoms with E-state index in [2.05, 4.69) is 15.1 Å². The molecule has 2 aromatic heterocycles. The largest absolute Gasteiger partial charge is 0.496 e. The second kappa shape index (κ2) is 6.88. The lowest BCUT2D eigenvalue weighted by Gasteiger charge is -2.39. The fraction of sp³-hybridized carbons (Fsp3) is 0.476. The highest BCUT2D eigenvalue weighted by Crippen LogP contribution is 2.40. The van der Waals surface area contributed by atoms with Crippen molar-refractivity contribution < 1.29 is 9.47 Å². The molecule has 0 amide bonds. The highest BCUT2D eigenvalue weighted by Gasteiger charge is 2.38. The summed E-state index contributed by atoms with van der Waals surface area (Å²) in [5, 5.41) is 7.85. The van der Waals surface area contributed by atoms with Crippen LogP contribution in [0.25, 0.3) is 22.3 Å². The molecule has 1 spiro atoms. The fourth-order valence-electron chi connectivity index (χ4n) is 4.59. The molecule has 3 aromatic rings. The molecule has 8 heteroatoms. The van der Waals surface area contributed by atoms with Gasteiger partial charge in [-0.1, -0.05) is 12.1 Å². The number of para-hydroxylation sites is 1. The smallest absolute Gasteiger partial charge is 0.266 e. The number of methoxy groups -OCH3 is 1. The van der Waals surface area contributed by atoms with Crippen LogP contribution < -0.4 is 15.2 Å². The normalized spacial score (nSPS) is 18.6. The quantitative estimate of drug-likeness (QED) is 0.733. The van der Waals surface area contributed by atoms with Crippen LogP contribution in [-0.2, 0) is 11.8 Å². The molecule has 0 bridgehead atoms. The van der Waals surface area contributed by atoms with Crippen molar-refractivity contribution >= 4 is 17.0 Å². The average Bonchev–Trinajstić information content (AvgIpc) is 3.39. The topological polar surface area (TPSA) is 85.3 Å². The third kappa shape index (κ3) is 2.90. The fourth-order valence-corrected chi connectivity index (χ4v) is 4.59. The molecular weight excluding hydrogens is 370 g/mol. The van der Waals surface area contributed by atoms with E-state index in [1.54, 1.807) is 18.7 Å². The number of nitrogens with one attached hydrogen (secondary N) is 1. The third-order valence-electron chi connectivity index (χ3n) is 6.43. The maximum atomic E-state index is 13.3. The van der Waals surface area contributed by atoms with Gasteiger partial charge in [-0.15, -0.1) is 0 Å². The van der Waals surface area contributed by atoms with E-state index in [1.807, 2.05) is 24.3 Å². The molecule has 5 rings (SSSR count). The number of nitrogens with zero attached hydrogens (tertiary/aromatic N) is 4. The predicted octanol–water partition coefficient (Wildman–Crippen LogP) is 2.34. The summed E-state index contributed by atoms with van der Waals surface area (Å²) in [5.74, 6) is 1.36. The van der Waals surface area contributed by atoms with Crippen LogP contribution in [0.2, 0.25) is 0 Å². The van der Waals surface area contributed by atoms with Crippen molar-refractivity contribution in [1.29, 1.82) is 0 Å². The second-order valence-electron chi connectivity index (χ2n) is 8.06. The van der Waals surface area contributed by atoms with Crippen LogP contribution >= 0.6 is 0 Å². The minimum Gasteiger partial charge on any atom is -0.496 e. The van der Waals surface area contributed by atoms with Crippen LogP contribution in [-0.4, -0.2) is 53.2 Å². The Bertz CT molecular complexity index is 1100. The lowest BCUT2D eigenvalue weighted by molar-refractivity contribution is 0.133. The Morgan fingerprint density at radius 1 is 1.21 bits per heavy atom. The van der Waals surface area contributed by atoms with Gasteiger partial charge >= 0.3 is 0 Å². The van der Waals surface area contributed by atoms with Gasteiger partial charge in [0.25, 0.3) is 5.56 Å². The Morgan fingerprint density at radius 2 is 2.00 bits per heavy atom. The first-order valence-electron chi connectivity index (χ1n) is 10.0. The van der Waals surface area contributed by atoms with Crippen LogP contribution in [0.1, 0.15) is 19.3 Å². The molecule has 152 valence electrons. The molecule has 0 unspecified atom stereocenters. The standard InChI is InChI=1S/C21H25N5O3/c1-25-19(27)16-17(14-5-3-4-6-15(14)28-2)23-24-18(16)22-20(25)26-10-7-21(8-11-26)9-12-29-13-21/h3-6H,7-13H2,1-2H3,(H,23,24). The lowest BCUT2D eigenvalue weighted by atomic mass is 9.78. The van der Waals surface area contributed by atoms with Gasteiger partial charge in [-0.25, -0.2) is 0 Å². The summed E-state index contributed by atoms with van der Waals surface area (Å²) >= 11 is 0. The van der Waals surface area contributed by atoms with E-state index >= 15 is 0 Å². The summed E-state index contributed by atoms with van der Waals surface area (Å²) in [7, 11) is 3.40. The van der Waals surface area contributed by atoms with E-state index in [0.717, 1.165) is 51.1 Å². The van der Waals surface area contributed by atoms with Gasteiger partial charge in [0.1, 0.15) is 16.8 Å². The van der Waals surface area contributed by atoms with Gasteiger partial charge in [-0.3, -0.25) is 14.5 Å². The SMILES string of the molecule is COc1ccccc1-c1n[nH]c2nc(N3CCC4(CCOC4)CC3)n(C)c(=O)c12. The second-order valence-corrected chi connectivity index (χ2v) is 8.06. The van der Waals surface area contributed by atoms with E-state index < -0.39 is 0 Å². The summed E-state index contributed by atoms with van der Waals surface area (Å²) in [6, 6.07) is 7.55. The maximum Gasteiger partial charge on any atom is 0.266 e. The Balaban J connectivity index is 1.54. The first kappa shape index (κ1) is 18.2. The lowest BCUT2D eigenvalue weighted by Crippen LogP contribution is -2.43. The molecule has 0 atom stereocenters. The van der Waals surface area contributed by atoms with E-state index in [-0.39, 0.29) is 5.56 Å². The van der Waals surface area contributed by atoms with Gasteiger partial charge in [0.15, 0.2) is 5.65 Å². The van der Waals surface area contributed by atoms with Crippen molar-refractivity contribution in [3.63, 3.8) is 0 Å². The number of H-pyrrole nitrogens is 1. The number of hydrogen-bond acceptors (Lipinski definition) is 6. The Morgan fingerprint density at radius 3 is 2.72 bits per heavy atom. The Labute approximate surface area is 168 Å². The van der Waals surface area contributed by atoms with Crippen LogP contribution in [0.4, 0.5) is 5.95 Å². The minimum absolute atomic E-state index is 0.107. The predicted molar refractivity (Wildman–Crippen MR) is 110 cm³/mol. The Hall–Kier alpha value is -2.87. The third-order valence-corrected chi connectivity index (χ3v) is 6.43. The summed E-state index contributed by atoms with van der Waals surface area (Å²) < 4.78 is 12.7. The van der Waals surface area contributed by atoms with Crippen molar-refractivity contribution in [3.05, 3.63) is 34.6 Å². The Kier molecular flexibility index (Phi) is 4.31. The molecule has 0 aliphatic carbocycles. The van der Waals surface area contributed by atoms with Gasteiger partial charge in [0.05, 0.1) is 13.7 Å². The van der Waals surface area contributed by atoms with E-state index in [1.165, 1.54) is 0 Å². The number of aromatic nitrogens is 4. The highest BCUT2D eigenvalue weighted by molar-refractivity contribution is 5.92. The van der Waals surface area contributed by atoms with E-state index in [4.69, 9.17) is 14.5 Å². The van der Waals surface area contributed by atoms with Crippen molar-refractivity contribution in [2.24, 2.45) is 12.5 Å². The molecule has 4 heterocycles. The minimum atomic E-state index is -0.107. The van der Waals surface area contributed by atoms with Crippen molar-refractivity contribution in [2.45, 2.75) is 19.3 Å². The van der Waals surface area contributed by atoms with E-state index in [9.17, 15) is 4.79 Å². The molecule has 1 N–H and O–H groups in total. The zero-order chi connectivity index (χ0) is 20.0. The molecule has 8 nitrogen and oxygen atoms in total. The first-order chi connectivity index (χ1) is 14.1. The van der Waals surface area contributed by atoms with Gasteiger partial charge < -0.3 is 14.4 Å². The highest BCUT2D eigenvalue weighted by atomic mass is 16.5. The maximum absolute atomic E-state index is 13.3. The number of benzene rings is 1. The molecule has 2 aliphatic rings. The number of piperidine rings is 1. The molecule has 2 saturated heterocycles. The number of hydrogen-bond donors (Lipinski definition) is 1. The molecule has 1 aromatic carbocycles. The van der Waals surface area contributed by atoms with Crippen LogP contribution in [0, 0.1) is 5.41 Å². The summed E-state index contributed by atoms with van der Waals surface area (Å²) in [4.78, 5) is 20.2. The number of ether oxygens (including phenoxy) is 2. The van der Waals surface area contributed by atoms with Gasteiger partial charge in [-0.05, 0) is 36.8 Å². The van der Waals surface area contributed by atoms with Gasteiger partial charge in [0.2, 0.25) is 5.95 Å². The number of aromatic amines is 1. The summed E-state index contributed by atoms with van der Waals surface area (Å²) in [6.45, 7) is 3.48. The van der Waals surface area contributed by atoms with Crippen molar-refractivity contribution in [2.75, 3.05) is 38.3 Å². The average molecular weight is 395 g/mol. The van der Waals surface area contributed by atoms with Crippen LogP contribution in [0.3, 0.4) is 0 Å². The number of rotatable bonds is 3. The first-order valence-corrected chi connectivity index (χ1v) is 10.0. The molecule has 0 saturated carbocycles. The molecule has 29 heavy (non-hydrogen) atoms. The summed E-state index contributed by atoms with van der Waals surface area (Å²) in [5.41, 5.74) is 2.05. The summed E-state index contributed by atoms with van der Waals surface area (Å²) in [6.07, 6.45) is 3.27. The monoisotopic (exact) mass is 395 g/mol. The number of anilines is 1. The van der Waals surface area contributed by atoms with Crippen LogP contribution in [0.15, 0.2) is 29.1 Å². The zero-order valence-electron chi connectivity index (χ0n) is 16.8. The molecule has 2 aliphatic heterocycles.